The summed E-state index contributed by atoms with van der Waals surface area (Å²) >= 11 is 0. The molecule has 0 spiro atoms. The van der Waals surface area contributed by atoms with E-state index in [1.54, 1.807) is 0 Å². The summed E-state index contributed by atoms with van der Waals surface area (Å²) in [6.45, 7) is 6.85. The van der Waals surface area contributed by atoms with Crippen molar-refractivity contribution in [2.75, 3.05) is 36.5 Å². The number of nitrogens with zero attached hydrogens (tertiary/aromatic N) is 3. The maximum Gasteiger partial charge on any atom is 0.276 e. The van der Waals surface area contributed by atoms with Crippen molar-refractivity contribution in [1.29, 1.82) is 0 Å². The molecule has 142 valence electrons. The van der Waals surface area contributed by atoms with Crippen LogP contribution in [-0.2, 0) is 11.2 Å². The van der Waals surface area contributed by atoms with Gasteiger partial charge >= 0.3 is 0 Å². The van der Waals surface area contributed by atoms with Crippen molar-refractivity contribution in [1.82, 2.24) is 10.2 Å². The first kappa shape index (κ1) is 17.5. The quantitative estimate of drug-likeness (QED) is 0.853. The minimum Gasteiger partial charge on any atom is -0.492 e. The number of hydrogen-bond acceptors (Lipinski definition) is 7. The van der Waals surface area contributed by atoms with Gasteiger partial charge in [0, 0.05) is 37.2 Å². The summed E-state index contributed by atoms with van der Waals surface area (Å²) in [6, 6.07) is 6.74. The van der Waals surface area contributed by atoms with Crippen LogP contribution in [0.4, 0.5) is 11.4 Å². The van der Waals surface area contributed by atoms with Gasteiger partial charge in [-0.3, -0.25) is 4.79 Å². The van der Waals surface area contributed by atoms with E-state index in [2.05, 4.69) is 20.4 Å². The standard InChI is InChI=1S/C19H22N4O4/c1-19(2)11-12-9-14(20-18(25)13-3-4-17(24)22-21-13)15(10-16(12)27-19)23-5-7-26-8-6-23/h3-4,9-10H,5-8,11H2,1-2H3,(H,20,25)(H,22,24). The Bertz CT molecular complexity index is 861. The summed E-state index contributed by atoms with van der Waals surface area (Å²) in [5.74, 6) is 0.247. The van der Waals surface area contributed by atoms with Crippen LogP contribution < -0.4 is 15.0 Å². The molecule has 3 heterocycles. The summed E-state index contributed by atoms with van der Waals surface area (Å²) in [5, 5.41) is 19.5. The van der Waals surface area contributed by atoms with Gasteiger partial charge in [-0.15, -0.1) is 10.2 Å². The van der Waals surface area contributed by atoms with Crippen LogP contribution in [0.3, 0.4) is 0 Å². The van der Waals surface area contributed by atoms with E-state index in [9.17, 15) is 9.90 Å². The molecule has 2 aromatic rings. The van der Waals surface area contributed by atoms with Crippen LogP contribution in [0.2, 0.25) is 0 Å². The number of morpholine rings is 1. The number of carbonyl (C=O) groups excluding carboxylic acids is 1. The summed E-state index contributed by atoms with van der Waals surface area (Å²) < 4.78 is 11.5. The molecular weight excluding hydrogens is 348 g/mol. The number of fused-ring (bicyclic) bond motifs is 1. The van der Waals surface area contributed by atoms with Crippen molar-refractivity contribution in [2.24, 2.45) is 0 Å². The van der Waals surface area contributed by atoms with E-state index < -0.39 is 0 Å². The molecule has 2 aliphatic rings. The first-order chi connectivity index (χ1) is 12.9. The van der Waals surface area contributed by atoms with Gasteiger partial charge in [0.1, 0.15) is 11.4 Å². The Kier molecular flexibility index (Phi) is 4.35. The maximum absolute atomic E-state index is 12.6. The molecule has 0 bridgehead atoms. The number of carbonyl (C=O) groups is 1. The largest absolute Gasteiger partial charge is 0.492 e. The fourth-order valence-corrected chi connectivity index (χ4v) is 3.44. The first-order valence-corrected chi connectivity index (χ1v) is 8.94. The van der Waals surface area contributed by atoms with Crippen molar-refractivity contribution in [3.8, 4) is 11.6 Å². The third kappa shape index (κ3) is 3.66. The van der Waals surface area contributed by atoms with Crippen LogP contribution in [0.15, 0.2) is 24.3 Å². The molecule has 0 aliphatic carbocycles. The van der Waals surface area contributed by atoms with E-state index in [1.807, 2.05) is 26.0 Å². The minimum absolute atomic E-state index is 0.137. The number of rotatable bonds is 3. The molecule has 8 heteroatoms. The van der Waals surface area contributed by atoms with Gasteiger partial charge in [0.2, 0.25) is 5.88 Å². The van der Waals surface area contributed by atoms with Gasteiger partial charge in [-0.2, -0.15) is 0 Å². The van der Waals surface area contributed by atoms with Gasteiger partial charge in [0.15, 0.2) is 5.69 Å². The van der Waals surface area contributed by atoms with Crippen LogP contribution >= 0.6 is 0 Å². The van der Waals surface area contributed by atoms with Gasteiger partial charge in [-0.1, -0.05) is 0 Å². The summed E-state index contributed by atoms with van der Waals surface area (Å²) in [7, 11) is 0. The normalized spacial score (nSPS) is 17.9. The van der Waals surface area contributed by atoms with Crippen LogP contribution in [0.1, 0.15) is 29.9 Å². The Morgan fingerprint density at radius 3 is 2.70 bits per heavy atom. The third-order valence-electron chi connectivity index (χ3n) is 4.66. The van der Waals surface area contributed by atoms with Crippen molar-refractivity contribution in [3.05, 3.63) is 35.5 Å². The van der Waals surface area contributed by atoms with Crippen LogP contribution in [0, 0.1) is 0 Å². The van der Waals surface area contributed by atoms with Gasteiger partial charge in [-0.25, -0.2) is 0 Å². The van der Waals surface area contributed by atoms with Crippen molar-refractivity contribution in [2.45, 2.75) is 25.9 Å². The van der Waals surface area contributed by atoms with Gasteiger partial charge in [0.05, 0.1) is 24.6 Å². The van der Waals surface area contributed by atoms with Crippen LogP contribution in [0.5, 0.6) is 11.6 Å². The number of anilines is 2. The Balaban J connectivity index is 1.67. The summed E-state index contributed by atoms with van der Waals surface area (Å²) in [5.41, 5.74) is 2.53. The second-order valence-corrected chi connectivity index (χ2v) is 7.35. The zero-order valence-electron chi connectivity index (χ0n) is 15.4. The highest BCUT2D eigenvalue weighted by Crippen LogP contribution is 2.41. The Morgan fingerprint density at radius 1 is 1.22 bits per heavy atom. The van der Waals surface area contributed by atoms with E-state index in [-0.39, 0.29) is 23.1 Å². The monoisotopic (exact) mass is 370 g/mol. The molecule has 1 amide bonds. The lowest BCUT2D eigenvalue weighted by atomic mass is 10.0. The summed E-state index contributed by atoms with van der Waals surface area (Å²) in [6.07, 6.45) is 0.771. The van der Waals surface area contributed by atoms with Crippen molar-refractivity contribution < 1.29 is 19.4 Å². The van der Waals surface area contributed by atoms with E-state index >= 15 is 0 Å². The van der Waals surface area contributed by atoms with E-state index in [1.165, 1.54) is 12.1 Å². The Hall–Kier alpha value is -2.87. The third-order valence-corrected chi connectivity index (χ3v) is 4.66. The molecule has 8 nitrogen and oxygen atoms in total. The average Bonchev–Trinajstić information content (AvgIpc) is 2.95. The number of amides is 1. The van der Waals surface area contributed by atoms with Gasteiger partial charge in [0.25, 0.3) is 5.91 Å². The molecule has 1 fully saturated rings. The van der Waals surface area contributed by atoms with E-state index in [4.69, 9.17) is 9.47 Å². The van der Waals surface area contributed by atoms with E-state index in [0.29, 0.717) is 18.9 Å². The predicted molar refractivity (Wildman–Crippen MR) is 99.5 cm³/mol. The minimum atomic E-state index is -0.380. The lowest BCUT2D eigenvalue weighted by Gasteiger charge is -2.31. The number of aromatic hydroxyl groups is 1. The van der Waals surface area contributed by atoms with Crippen LogP contribution in [-0.4, -0.2) is 53.1 Å². The summed E-state index contributed by atoms with van der Waals surface area (Å²) in [4.78, 5) is 14.8. The Labute approximate surface area is 157 Å². The second-order valence-electron chi connectivity index (χ2n) is 7.35. The highest BCUT2D eigenvalue weighted by molar-refractivity contribution is 6.04. The number of benzene rings is 1. The SMILES string of the molecule is CC1(C)Cc2cc(NC(=O)c3ccc(O)nn3)c(N3CCOCC3)cc2O1. The molecule has 0 radical (unpaired) electrons. The smallest absolute Gasteiger partial charge is 0.276 e. The van der Waals surface area contributed by atoms with Crippen LogP contribution in [0.25, 0.3) is 0 Å². The number of nitrogens with one attached hydrogen (secondary N) is 1. The van der Waals surface area contributed by atoms with E-state index in [0.717, 1.165) is 36.5 Å². The molecular formula is C19H22N4O4. The van der Waals surface area contributed by atoms with Crippen molar-refractivity contribution in [3.63, 3.8) is 0 Å². The molecule has 0 saturated carbocycles. The highest BCUT2D eigenvalue weighted by atomic mass is 16.5. The fourth-order valence-electron chi connectivity index (χ4n) is 3.44. The molecule has 0 unspecified atom stereocenters. The first-order valence-electron chi connectivity index (χ1n) is 8.94. The maximum atomic E-state index is 12.6. The molecule has 0 atom stereocenters. The zero-order chi connectivity index (χ0) is 19.0. The molecule has 4 rings (SSSR count). The average molecular weight is 370 g/mol. The molecule has 1 saturated heterocycles. The highest BCUT2D eigenvalue weighted by Gasteiger charge is 2.32. The molecule has 2 N–H and O–H groups in total. The lowest BCUT2D eigenvalue weighted by molar-refractivity contribution is 0.102. The lowest BCUT2D eigenvalue weighted by Crippen LogP contribution is -2.36. The fraction of sp³-hybridized carbons (Fsp3) is 0.421. The zero-order valence-corrected chi connectivity index (χ0v) is 15.4. The van der Waals surface area contributed by atoms with Crippen molar-refractivity contribution >= 4 is 17.3 Å². The topological polar surface area (TPSA) is 96.8 Å². The Morgan fingerprint density at radius 2 is 2.00 bits per heavy atom. The molecule has 1 aromatic heterocycles. The molecule has 27 heavy (non-hydrogen) atoms. The van der Waals surface area contributed by atoms with Gasteiger partial charge < -0.3 is 24.8 Å². The number of aromatic nitrogens is 2. The second kappa shape index (κ2) is 6.70. The predicted octanol–water partition coefficient (Wildman–Crippen LogP) is 1.98. The molecule has 1 aromatic carbocycles. The number of ether oxygens (including phenoxy) is 2. The van der Waals surface area contributed by atoms with Gasteiger partial charge in [-0.05, 0) is 26.0 Å². The number of hydrogen-bond donors (Lipinski definition) is 2. The molecule has 2 aliphatic heterocycles.